The second kappa shape index (κ2) is 5.74. The zero-order chi connectivity index (χ0) is 15.8. The molecule has 114 valence electrons. The maximum atomic E-state index is 12.0. The smallest absolute Gasteiger partial charge is 0.335 e. The molecule has 0 bridgehead atoms. The fourth-order valence-corrected chi connectivity index (χ4v) is 3.69. The van der Waals surface area contributed by atoms with Crippen molar-refractivity contribution in [2.45, 2.75) is 6.42 Å². The number of anilines is 1. The minimum Gasteiger partial charge on any atom is -0.478 e. The Hall–Kier alpha value is -1.45. The number of nitrogens with zero attached hydrogens (tertiary/aromatic N) is 1. The fraction of sp³-hybridized carbons (Fsp3) is 0.333. The van der Waals surface area contributed by atoms with Crippen molar-refractivity contribution in [2.75, 3.05) is 17.2 Å². The lowest BCUT2D eigenvalue weighted by Gasteiger charge is -2.17. The average molecular weight is 377 g/mol. The van der Waals surface area contributed by atoms with Crippen molar-refractivity contribution in [2.24, 2.45) is 11.1 Å². The van der Waals surface area contributed by atoms with E-state index in [-0.39, 0.29) is 36.1 Å². The maximum absolute atomic E-state index is 12.0. The number of aromatic carboxylic acids is 1. The molecule has 1 heterocycles. The molecule has 1 atom stereocenters. The molecule has 9 heteroatoms. The van der Waals surface area contributed by atoms with Gasteiger partial charge in [-0.25, -0.2) is 18.4 Å². The van der Waals surface area contributed by atoms with Gasteiger partial charge in [0.05, 0.1) is 11.3 Å². The predicted octanol–water partition coefficient (Wildman–Crippen LogP) is 0.789. The number of rotatable bonds is 4. The molecular weight excluding hydrogens is 364 g/mol. The van der Waals surface area contributed by atoms with Crippen LogP contribution in [-0.4, -0.2) is 37.7 Å². The minimum absolute atomic E-state index is 0.0436. The fourth-order valence-electron chi connectivity index (χ4n) is 2.32. The molecule has 1 amide bonds. The third kappa shape index (κ3) is 4.02. The van der Waals surface area contributed by atoms with E-state index in [9.17, 15) is 18.0 Å². The zero-order valence-corrected chi connectivity index (χ0v) is 13.2. The van der Waals surface area contributed by atoms with E-state index >= 15 is 0 Å². The zero-order valence-electron chi connectivity index (χ0n) is 10.8. The number of amides is 1. The highest BCUT2D eigenvalue weighted by Crippen LogP contribution is 2.29. The Morgan fingerprint density at radius 2 is 2.10 bits per heavy atom. The quantitative estimate of drug-likeness (QED) is 0.804. The SMILES string of the molecule is NS(=O)(=O)CC1CC(=O)N(c2cc(Br)cc(C(=O)O)c2)C1. The summed E-state index contributed by atoms with van der Waals surface area (Å²) in [5.74, 6) is -2.02. The van der Waals surface area contributed by atoms with Gasteiger partial charge in [0.1, 0.15) is 0 Å². The van der Waals surface area contributed by atoms with Gasteiger partial charge in [0.15, 0.2) is 0 Å². The molecule has 1 aromatic rings. The Balaban J connectivity index is 2.27. The maximum Gasteiger partial charge on any atom is 0.335 e. The van der Waals surface area contributed by atoms with E-state index in [1.807, 2.05) is 0 Å². The number of carbonyl (C=O) groups excluding carboxylic acids is 1. The van der Waals surface area contributed by atoms with E-state index in [2.05, 4.69) is 15.9 Å². The largest absolute Gasteiger partial charge is 0.478 e. The Bertz CT molecular complexity index is 704. The van der Waals surface area contributed by atoms with E-state index in [4.69, 9.17) is 10.2 Å². The highest BCUT2D eigenvalue weighted by Gasteiger charge is 2.33. The predicted molar refractivity (Wildman–Crippen MR) is 79.5 cm³/mol. The summed E-state index contributed by atoms with van der Waals surface area (Å²) in [7, 11) is -3.65. The van der Waals surface area contributed by atoms with Crippen LogP contribution < -0.4 is 10.0 Å². The van der Waals surface area contributed by atoms with Crippen LogP contribution in [0.5, 0.6) is 0 Å². The molecular formula is C12H13BrN2O5S. The van der Waals surface area contributed by atoms with Crippen molar-refractivity contribution >= 4 is 43.5 Å². The first-order valence-corrected chi connectivity index (χ1v) is 8.51. The first-order valence-electron chi connectivity index (χ1n) is 6.00. The van der Waals surface area contributed by atoms with Gasteiger partial charge in [-0.2, -0.15) is 0 Å². The van der Waals surface area contributed by atoms with Crippen molar-refractivity contribution in [1.82, 2.24) is 0 Å². The lowest BCUT2D eigenvalue weighted by atomic mass is 10.1. The van der Waals surface area contributed by atoms with Crippen LogP contribution >= 0.6 is 15.9 Å². The van der Waals surface area contributed by atoms with Gasteiger partial charge in [-0.05, 0) is 18.2 Å². The first kappa shape index (κ1) is 15.9. The standard InChI is InChI=1S/C12H13BrN2O5S/c13-9-2-8(12(17)18)3-10(4-9)15-5-7(1-11(15)16)6-21(14,19)20/h2-4,7H,1,5-6H2,(H,17,18)(H2,14,19,20). The van der Waals surface area contributed by atoms with Crippen molar-refractivity contribution < 1.29 is 23.1 Å². The van der Waals surface area contributed by atoms with Gasteiger partial charge < -0.3 is 10.0 Å². The van der Waals surface area contributed by atoms with Gasteiger partial charge in [0.2, 0.25) is 15.9 Å². The third-order valence-corrected chi connectivity index (χ3v) is 4.51. The molecule has 1 aliphatic heterocycles. The Kier molecular flexibility index (Phi) is 4.35. The van der Waals surface area contributed by atoms with Crippen molar-refractivity contribution in [3.8, 4) is 0 Å². The number of carboxylic acids is 1. The van der Waals surface area contributed by atoms with Crippen LogP contribution in [0, 0.1) is 5.92 Å². The number of carboxylic acid groups (broad SMARTS) is 1. The molecule has 3 N–H and O–H groups in total. The van der Waals surface area contributed by atoms with Crippen LogP contribution in [0.15, 0.2) is 22.7 Å². The monoisotopic (exact) mass is 376 g/mol. The molecule has 2 rings (SSSR count). The second-order valence-corrected chi connectivity index (χ2v) is 7.48. The van der Waals surface area contributed by atoms with Crippen molar-refractivity contribution in [1.29, 1.82) is 0 Å². The molecule has 1 aliphatic rings. The molecule has 7 nitrogen and oxygen atoms in total. The highest BCUT2D eigenvalue weighted by atomic mass is 79.9. The molecule has 1 fully saturated rings. The van der Waals surface area contributed by atoms with Crippen LogP contribution in [0.2, 0.25) is 0 Å². The van der Waals surface area contributed by atoms with Gasteiger partial charge in [0.25, 0.3) is 0 Å². The molecule has 0 spiro atoms. The number of nitrogens with two attached hydrogens (primary N) is 1. The van der Waals surface area contributed by atoms with Crippen LogP contribution in [0.1, 0.15) is 16.8 Å². The molecule has 0 radical (unpaired) electrons. The summed E-state index contributed by atoms with van der Waals surface area (Å²) in [5, 5.41) is 14.0. The van der Waals surface area contributed by atoms with Gasteiger partial charge in [-0.15, -0.1) is 0 Å². The number of halogens is 1. The molecule has 1 saturated heterocycles. The Morgan fingerprint density at radius 1 is 1.43 bits per heavy atom. The highest BCUT2D eigenvalue weighted by molar-refractivity contribution is 9.10. The lowest BCUT2D eigenvalue weighted by Crippen LogP contribution is -2.27. The summed E-state index contributed by atoms with van der Waals surface area (Å²) < 4.78 is 22.7. The third-order valence-electron chi connectivity index (χ3n) is 3.11. The van der Waals surface area contributed by atoms with E-state index in [0.717, 1.165) is 0 Å². The number of hydrogen-bond donors (Lipinski definition) is 2. The van der Waals surface area contributed by atoms with E-state index in [1.54, 1.807) is 6.07 Å². The molecule has 1 unspecified atom stereocenters. The van der Waals surface area contributed by atoms with Crippen molar-refractivity contribution in [3.63, 3.8) is 0 Å². The van der Waals surface area contributed by atoms with Crippen LogP contribution in [0.4, 0.5) is 5.69 Å². The van der Waals surface area contributed by atoms with Crippen molar-refractivity contribution in [3.05, 3.63) is 28.2 Å². The molecule has 0 aromatic heterocycles. The number of benzene rings is 1. The summed E-state index contributed by atoms with van der Waals surface area (Å²) in [6.07, 6.45) is 0.0748. The molecule has 1 aromatic carbocycles. The van der Waals surface area contributed by atoms with E-state index in [1.165, 1.54) is 17.0 Å². The second-order valence-electron chi connectivity index (χ2n) is 4.91. The van der Waals surface area contributed by atoms with E-state index < -0.39 is 16.0 Å². The molecule has 21 heavy (non-hydrogen) atoms. The molecule has 0 aliphatic carbocycles. The lowest BCUT2D eigenvalue weighted by molar-refractivity contribution is -0.117. The van der Waals surface area contributed by atoms with Gasteiger partial charge >= 0.3 is 5.97 Å². The summed E-state index contributed by atoms with van der Waals surface area (Å²) in [5.41, 5.74) is 0.464. The Morgan fingerprint density at radius 3 is 2.67 bits per heavy atom. The van der Waals surface area contributed by atoms with Crippen LogP contribution in [0.25, 0.3) is 0 Å². The van der Waals surface area contributed by atoms with Crippen LogP contribution in [-0.2, 0) is 14.8 Å². The first-order chi connectivity index (χ1) is 9.65. The van der Waals surface area contributed by atoms with Gasteiger partial charge in [0, 0.05) is 29.0 Å². The average Bonchev–Trinajstić information content (AvgIpc) is 2.66. The summed E-state index contributed by atoms with van der Waals surface area (Å²) in [6.45, 7) is 0.199. The number of sulfonamides is 1. The Labute approximate surface area is 129 Å². The van der Waals surface area contributed by atoms with E-state index in [0.29, 0.717) is 10.2 Å². The number of carbonyl (C=O) groups is 2. The normalized spacial score (nSPS) is 19.0. The summed E-state index contributed by atoms with van der Waals surface area (Å²) in [4.78, 5) is 24.4. The minimum atomic E-state index is -3.65. The molecule has 0 saturated carbocycles. The number of hydrogen-bond acceptors (Lipinski definition) is 4. The van der Waals surface area contributed by atoms with Gasteiger partial charge in [-0.3, -0.25) is 4.79 Å². The number of primary sulfonamides is 1. The summed E-state index contributed by atoms with van der Waals surface area (Å²) in [6, 6.07) is 4.42. The summed E-state index contributed by atoms with van der Waals surface area (Å²) >= 11 is 3.20. The van der Waals surface area contributed by atoms with Gasteiger partial charge in [-0.1, -0.05) is 15.9 Å². The topological polar surface area (TPSA) is 118 Å². The van der Waals surface area contributed by atoms with Crippen LogP contribution in [0.3, 0.4) is 0 Å².